The first-order valence-corrected chi connectivity index (χ1v) is 6.92. The Morgan fingerprint density at radius 2 is 2.24 bits per heavy atom. The van der Waals surface area contributed by atoms with Gasteiger partial charge in [0.1, 0.15) is 6.04 Å². The molecular formula is C16H19N3O2. The molecule has 5 heteroatoms. The Bertz CT molecular complexity index is 628. The molecule has 1 fully saturated rings. The maximum absolute atomic E-state index is 12.6. The molecule has 110 valence electrons. The van der Waals surface area contributed by atoms with E-state index in [0.29, 0.717) is 18.7 Å². The molecule has 3 N–H and O–H groups in total. The van der Waals surface area contributed by atoms with Crippen LogP contribution in [0.5, 0.6) is 0 Å². The van der Waals surface area contributed by atoms with Gasteiger partial charge in [0, 0.05) is 24.2 Å². The third-order valence-corrected chi connectivity index (χ3v) is 3.42. The van der Waals surface area contributed by atoms with Crippen molar-refractivity contribution in [3.63, 3.8) is 0 Å². The molecule has 0 bridgehead atoms. The predicted molar refractivity (Wildman–Crippen MR) is 80.6 cm³/mol. The highest BCUT2D eigenvalue weighted by atomic mass is 16.2. The van der Waals surface area contributed by atoms with Crippen LogP contribution in [0.4, 0.5) is 0 Å². The molecule has 21 heavy (non-hydrogen) atoms. The summed E-state index contributed by atoms with van der Waals surface area (Å²) in [6, 6.07) is 5.02. The summed E-state index contributed by atoms with van der Waals surface area (Å²) in [7, 11) is 0. The van der Waals surface area contributed by atoms with Crippen molar-refractivity contribution in [1.29, 1.82) is 0 Å². The number of benzene rings is 1. The van der Waals surface area contributed by atoms with Crippen molar-refractivity contribution in [1.82, 2.24) is 10.2 Å². The summed E-state index contributed by atoms with van der Waals surface area (Å²) in [6.07, 6.45) is 0. The molecule has 1 atom stereocenters. The highest BCUT2D eigenvalue weighted by Gasteiger charge is 2.29. The molecule has 2 amide bonds. The number of rotatable bonds is 1. The molecule has 1 aliphatic rings. The lowest BCUT2D eigenvalue weighted by Crippen LogP contribution is -2.55. The normalized spacial score (nSPS) is 17.8. The van der Waals surface area contributed by atoms with E-state index in [-0.39, 0.29) is 18.4 Å². The van der Waals surface area contributed by atoms with Crippen LogP contribution in [0.2, 0.25) is 0 Å². The Kier molecular flexibility index (Phi) is 4.61. The van der Waals surface area contributed by atoms with Crippen LogP contribution in [0.25, 0.3) is 0 Å². The van der Waals surface area contributed by atoms with Gasteiger partial charge in [-0.2, -0.15) is 0 Å². The first kappa shape index (κ1) is 15.1. The van der Waals surface area contributed by atoms with Gasteiger partial charge in [-0.25, -0.2) is 0 Å². The van der Waals surface area contributed by atoms with E-state index in [0.717, 1.165) is 11.1 Å². The van der Waals surface area contributed by atoms with Gasteiger partial charge in [0.2, 0.25) is 5.91 Å². The lowest BCUT2D eigenvalue weighted by atomic mass is 10.0. The van der Waals surface area contributed by atoms with Gasteiger partial charge in [0.15, 0.2) is 0 Å². The van der Waals surface area contributed by atoms with Crippen molar-refractivity contribution in [2.24, 2.45) is 5.73 Å². The number of piperazine rings is 1. The molecule has 1 aliphatic heterocycles. The largest absolute Gasteiger partial charge is 0.353 e. The molecule has 0 spiro atoms. The van der Waals surface area contributed by atoms with Crippen molar-refractivity contribution in [3.05, 3.63) is 34.9 Å². The minimum atomic E-state index is -0.453. The average Bonchev–Trinajstić information content (AvgIpc) is 2.46. The van der Waals surface area contributed by atoms with E-state index in [1.54, 1.807) is 17.9 Å². The number of nitrogens with one attached hydrogen (secondary N) is 1. The van der Waals surface area contributed by atoms with Crippen molar-refractivity contribution in [2.75, 3.05) is 19.6 Å². The number of carbonyl (C=O) groups is 2. The fourth-order valence-electron chi connectivity index (χ4n) is 2.36. The summed E-state index contributed by atoms with van der Waals surface area (Å²) < 4.78 is 0. The van der Waals surface area contributed by atoms with Crippen molar-refractivity contribution in [3.8, 4) is 11.8 Å². The van der Waals surface area contributed by atoms with E-state index in [1.165, 1.54) is 0 Å². The van der Waals surface area contributed by atoms with Crippen LogP contribution < -0.4 is 11.1 Å². The molecule has 0 aliphatic carbocycles. The molecule has 1 aromatic carbocycles. The smallest absolute Gasteiger partial charge is 0.254 e. The van der Waals surface area contributed by atoms with Crippen LogP contribution in [0, 0.1) is 18.8 Å². The quantitative estimate of drug-likeness (QED) is 0.727. The summed E-state index contributed by atoms with van der Waals surface area (Å²) in [4.78, 5) is 25.9. The first-order valence-electron chi connectivity index (χ1n) is 6.92. The molecule has 1 heterocycles. The lowest BCUT2D eigenvalue weighted by molar-refractivity contribution is -0.127. The molecule has 1 saturated heterocycles. The van der Waals surface area contributed by atoms with Crippen LogP contribution >= 0.6 is 0 Å². The third kappa shape index (κ3) is 3.41. The Morgan fingerprint density at radius 1 is 1.48 bits per heavy atom. The maximum Gasteiger partial charge on any atom is 0.254 e. The van der Waals surface area contributed by atoms with Gasteiger partial charge in [-0.3, -0.25) is 9.59 Å². The highest BCUT2D eigenvalue weighted by molar-refractivity contribution is 5.98. The Labute approximate surface area is 124 Å². The third-order valence-electron chi connectivity index (χ3n) is 3.42. The number of nitrogens with two attached hydrogens (primary N) is 1. The number of carbonyl (C=O) groups excluding carboxylic acids is 2. The summed E-state index contributed by atoms with van der Waals surface area (Å²) in [5.41, 5.74) is 7.64. The van der Waals surface area contributed by atoms with Gasteiger partial charge in [0.25, 0.3) is 5.91 Å². The van der Waals surface area contributed by atoms with E-state index >= 15 is 0 Å². The van der Waals surface area contributed by atoms with E-state index in [2.05, 4.69) is 17.2 Å². The molecule has 0 radical (unpaired) electrons. The molecule has 0 saturated carbocycles. The summed E-state index contributed by atoms with van der Waals surface area (Å²) in [5.74, 6) is 5.46. The number of hydrogen-bond acceptors (Lipinski definition) is 3. The van der Waals surface area contributed by atoms with Crippen LogP contribution in [0.15, 0.2) is 18.2 Å². The molecule has 1 aromatic rings. The van der Waals surface area contributed by atoms with E-state index < -0.39 is 6.04 Å². The van der Waals surface area contributed by atoms with Gasteiger partial charge >= 0.3 is 0 Å². The number of nitrogens with zero attached hydrogens (tertiary/aromatic N) is 1. The van der Waals surface area contributed by atoms with Crippen molar-refractivity contribution in [2.45, 2.75) is 19.9 Å². The second kappa shape index (κ2) is 6.42. The Morgan fingerprint density at radius 3 is 2.95 bits per heavy atom. The first-order chi connectivity index (χ1) is 10.0. The van der Waals surface area contributed by atoms with Gasteiger partial charge < -0.3 is 16.0 Å². The van der Waals surface area contributed by atoms with E-state index in [4.69, 9.17) is 5.73 Å². The number of hydrogen-bond donors (Lipinski definition) is 2. The monoisotopic (exact) mass is 285 g/mol. The van der Waals surface area contributed by atoms with Gasteiger partial charge in [-0.05, 0) is 37.6 Å². The SMILES string of the molecule is Cc1cc(C#CCN)cc(C(=O)N2CCNC(=O)C2C)c1. The zero-order valence-corrected chi connectivity index (χ0v) is 12.3. The van der Waals surface area contributed by atoms with E-state index in [9.17, 15) is 9.59 Å². The second-order valence-electron chi connectivity index (χ2n) is 5.06. The van der Waals surface area contributed by atoms with Crippen LogP contribution in [-0.2, 0) is 4.79 Å². The topological polar surface area (TPSA) is 75.4 Å². The van der Waals surface area contributed by atoms with Crippen LogP contribution in [0.3, 0.4) is 0 Å². The minimum absolute atomic E-state index is 0.120. The maximum atomic E-state index is 12.6. The standard InChI is InChI=1S/C16H19N3O2/c1-11-8-13(4-3-5-17)10-14(9-11)16(21)19-7-6-18-15(20)12(19)2/h8-10,12H,5-7,17H2,1-2H3,(H,18,20). The van der Waals surface area contributed by atoms with Gasteiger partial charge in [-0.1, -0.05) is 11.8 Å². The predicted octanol–water partition coefficient (Wildman–Crippen LogP) is 0.266. The van der Waals surface area contributed by atoms with Gasteiger partial charge in [0.05, 0.1) is 6.54 Å². The molecule has 2 rings (SSSR count). The Hall–Kier alpha value is -2.32. The molecule has 0 aromatic heterocycles. The summed E-state index contributed by atoms with van der Waals surface area (Å²) in [6.45, 7) is 4.93. The van der Waals surface area contributed by atoms with Crippen molar-refractivity contribution < 1.29 is 9.59 Å². The summed E-state index contributed by atoms with van der Waals surface area (Å²) in [5, 5.41) is 2.75. The number of aryl methyl sites for hydroxylation is 1. The fraction of sp³-hybridized carbons (Fsp3) is 0.375. The number of amides is 2. The zero-order valence-electron chi connectivity index (χ0n) is 12.3. The van der Waals surface area contributed by atoms with Crippen molar-refractivity contribution >= 4 is 11.8 Å². The minimum Gasteiger partial charge on any atom is -0.353 e. The van der Waals surface area contributed by atoms with Crippen LogP contribution in [0.1, 0.15) is 28.4 Å². The fourth-order valence-corrected chi connectivity index (χ4v) is 2.36. The molecule has 1 unspecified atom stereocenters. The molecule has 5 nitrogen and oxygen atoms in total. The second-order valence-corrected chi connectivity index (χ2v) is 5.06. The Balaban J connectivity index is 2.30. The van der Waals surface area contributed by atoms with Gasteiger partial charge in [-0.15, -0.1) is 0 Å². The average molecular weight is 285 g/mol. The highest BCUT2D eigenvalue weighted by Crippen LogP contribution is 2.14. The van der Waals surface area contributed by atoms with Crippen LogP contribution in [-0.4, -0.2) is 42.4 Å². The summed E-state index contributed by atoms with van der Waals surface area (Å²) >= 11 is 0. The van der Waals surface area contributed by atoms with E-state index in [1.807, 2.05) is 19.1 Å². The molecular weight excluding hydrogens is 266 g/mol. The zero-order chi connectivity index (χ0) is 15.4. The lowest BCUT2D eigenvalue weighted by Gasteiger charge is -2.33.